The maximum absolute atomic E-state index is 11.7. The van der Waals surface area contributed by atoms with Crippen molar-refractivity contribution in [2.24, 2.45) is 11.7 Å². The number of nitrogens with two attached hydrogens (primary N) is 1. The van der Waals surface area contributed by atoms with Gasteiger partial charge < -0.3 is 10.6 Å². The fraction of sp³-hybridized carbons (Fsp3) is 0.273. The Morgan fingerprint density at radius 2 is 2.00 bits per heavy atom. The van der Waals surface area contributed by atoms with E-state index < -0.39 is 5.91 Å². The SMILES string of the molecule is NC(=O)[C@@H]1CC(=O)N(c2ccc(Br)cc2)C1. The molecule has 2 amide bonds. The summed E-state index contributed by atoms with van der Waals surface area (Å²) in [6.07, 6.45) is 0.214. The van der Waals surface area contributed by atoms with Crippen molar-refractivity contribution in [2.45, 2.75) is 6.42 Å². The Morgan fingerprint density at radius 1 is 1.38 bits per heavy atom. The van der Waals surface area contributed by atoms with E-state index in [2.05, 4.69) is 15.9 Å². The zero-order valence-corrected chi connectivity index (χ0v) is 10.1. The molecular weight excluding hydrogens is 272 g/mol. The lowest BCUT2D eigenvalue weighted by atomic mass is 10.1. The number of halogens is 1. The first kappa shape index (κ1) is 11.1. The van der Waals surface area contributed by atoms with Gasteiger partial charge in [-0.15, -0.1) is 0 Å². The van der Waals surface area contributed by atoms with Crippen molar-refractivity contribution in [1.29, 1.82) is 0 Å². The molecule has 1 saturated heterocycles. The highest BCUT2D eigenvalue weighted by atomic mass is 79.9. The van der Waals surface area contributed by atoms with Crippen LogP contribution >= 0.6 is 15.9 Å². The first-order valence-electron chi connectivity index (χ1n) is 4.93. The van der Waals surface area contributed by atoms with Gasteiger partial charge in [-0.05, 0) is 24.3 Å². The zero-order valence-electron chi connectivity index (χ0n) is 8.52. The van der Waals surface area contributed by atoms with Crippen molar-refractivity contribution < 1.29 is 9.59 Å². The van der Waals surface area contributed by atoms with Crippen molar-refractivity contribution in [3.63, 3.8) is 0 Å². The van der Waals surface area contributed by atoms with Crippen LogP contribution in [0.4, 0.5) is 5.69 Å². The molecule has 1 atom stereocenters. The average Bonchev–Trinajstić information content (AvgIpc) is 2.62. The van der Waals surface area contributed by atoms with Gasteiger partial charge in [0.2, 0.25) is 11.8 Å². The topological polar surface area (TPSA) is 63.4 Å². The molecule has 84 valence electrons. The standard InChI is InChI=1S/C11H11BrN2O2/c12-8-1-3-9(4-2-8)14-6-7(11(13)16)5-10(14)15/h1-4,7H,5-6H2,(H2,13,16)/t7-/m1/s1. The number of anilines is 1. The number of benzene rings is 1. The molecule has 2 N–H and O–H groups in total. The minimum atomic E-state index is -0.409. The fourth-order valence-corrected chi connectivity index (χ4v) is 2.03. The molecule has 0 spiro atoms. The van der Waals surface area contributed by atoms with Crippen LogP contribution in [-0.4, -0.2) is 18.4 Å². The van der Waals surface area contributed by atoms with Gasteiger partial charge in [0.15, 0.2) is 0 Å². The van der Waals surface area contributed by atoms with Crippen LogP contribution in [0.1, 0.15) is 6.42 Å². The Morgan fingerprint density at radius 3 is 2.50 bits per heavy atom. The maximum atomic E-state index is 11.7. The molecule has 1 aromatic rings. The highest BCUT2D eigenvalue weighted by Crippen LogP contribution is 2.26. The second kappa shape index (κ2) is 4.25. The van der Waals surface area contributed by atoms with Crippen LogP contribution < -0.4 is 10.6 Å². The van der Waals surface area contributed by atoms with Crippen LogP contribution in [0.5, 0.6) is 0 Å². The number of carbonyl (C=O) groups excluding carboxylic acids is 2. The molecule has 0 saturated carbocycles. The van der Waals surface area contributed by atoms with Crippen LogP contribution in [0.3, 0.4) is 0 Å². The lowest BCUT2D eigenvalue weighted by molar-refractivity contribution is -0.123. The van der Waals surface area contributed by atoms with Gasteiger partial charge in [-0.3, -0.25) is 9.59 Å². The first-order chi connectivity index (χ1) is 7.58. The summed E-state index contributed by atoms with van der Waals surface area (Å²) < 4.78 is 0.953. The van der Waals surface area contributed by atoms with Gasteiger partial charge in [0.05, 0.1) is 5.92 Å². The van der Waals surface area contributed by atoms with Crippen LogP contribution in [0.15, 0.2) is 28.7 Å². The molecule has 2 rings (SSSR count). The number of nitrogens with zero attached hydrogens (tertiary/aromatic N) is 1. The molecule has 1 aliphatic rings. The predicted molar refractivity (Wildman–Crippen MR) is 63.8 cm³/mol. The normalized spacial score (nSPS) is 20.2. The molecule has 1 fully saturated rings. The Labute approximate surface area is 102 Å². The lowest BCUT2D eigenvalue weighted by Gasteiger charge is -2.16. The Kier molecular flexibility index (Phi) is 2.96. The minimum Gasteiger partial charge on any atom is -0.369 e. The first-order valence-corrected chi connectivity index (χ1v) is 5.72. The number of amides is 2. The van der Waals surface area contributed by atoms with E-state index in [0.717, 1.165) is 10.2 Å². The maximum Gasteiger partial charge on any atom is 0.227 e. The summed E-state index contributed by atoms with van der Waals surface area (Å²) in [5.74, 6) is -0.824. The fourth-order valence-electron chi connectivity index (χ4n) is 1.77. The second-order valence-electron chi connectivity index (χ2n) is 3.78. The molecule has 1 aromatic carbocycles. The monoisotopic (exact) mass is 282 g/mol. The van der Waals surface area contributed by atoms with E-state index in [4.69, 9.17) is 5.73 Å². The Hall–Kier alpha value is -1.36. The lowest BCUT2D eigenvalue weighted by Crippen LogP contribution is -2.28. The Balaban J connectivity index is 2.20. The summed E-state index contributed by atoms with van der Waals surface area (Å²) in [5.41, 5.74) is 6.00. The summed E-state index contributed by atoms with van der Waals surface area (Å²) in [6, 6.07) is 7.40. The van der Waals surface area contributed by atoms with Gasteiger partial charge in [0.1, 0.15) is 0 Å². The van der Waals surface area contributed by atoms with Crippen LogP contribution in [0, 0.1) is 5.92 Å². The summed E-state index contributed by atoms with van der Waals surface area (Å²) >= 11 is 3.33. The van der Waals surface area contributed by atoms with E-state index in [-0.39, 0.29) is 18.2 Å². The van der Waals surface area contributed by atoms with E-state index in [1.54, 1.807) is 4.90 Å². The second-order valence-corrected chi connectivity index (χ2v) is 4.70. The minimum absolute atomic E-state index is 0.0499. The van der Waals surface area contributed by atoms with Gasteiger partial charge >= 0.3 is 0 Å². The molecule has 1 heterocycles. The summed E-state index contributed by atoms with van der Waals surface area (Å²) in [6.45, 7) is 0.385. The van der Waals surface area contributed by atoms with Crippen molar-refractivity contribution in [3.8, 4) is 0 Å². The van der Waals surface area contributed by atoms with E-state index >= 15 is 0 Å². The van der Waals surface area contributed by atoms with Gasteiger partial charge in [0.25, 0.3) is 0 Å². The van der Waals surface area contributed by atoms with Gasteiger partial charge in [-0.1, -0.05) is 15.9 Å². The molecule has 0 aliphatic carbocycles. The quantitative estimate of drug-likeness (QED) is 0.888. The number of hydrogen-bond acceptors (Lipinski definition) is 2. The van der Waals surface area contributed by atoms with Gasteiger partial charge in [-0.2, -0.15) is 0 Å². The summed E-state index contributed by atoms with van der Waals surface area (Å²) in [4.78, 5) is 24.3. The molecule has 0 aromatic heterocycles. The van der Waals surface area contributed by atoms with E-state index in [1.165, 1.54) is 0 Å². The highest BCUT2D eigenvalue weighted by Gasteiger charge is 2.33. The van der Waals surface area contributed by atoms with Crippen LogP contribution in [0.25, 0.3) is 0 Å². The third kappa shape index (κ3) is 2.09. The average molecular weight is 283 g/mol. The van der Waals surface area contributed by atoms with Crippen molar-refractivity contribution >= 4 is 33.4 Å². The number of primary amides is 1. The molecule has 0 radical (unpaired) electrons. The number of carbonyl (C=O) groups is 2. The van der Waals surface area contributed by atoms with Crippen molar-refractivity contribution in [1.82, 2.24) is 0 Å². The Bertz CT molecular complexity index is 430. The smallest absolute Gasteiger partial charge is 0.227 e. The molecule has 0 bridgehead atoms. The molecule has 0 unspecified atom stereocenters. The van der Waals surface area contributed by atoms with E-state index in [0.29, 0.717) is 6.54 Å². The van der Waals surface area contributed by atoms with Gasteiger partial charge in [-0.25, -0.2) is 0 Å². The van der Waals surface area contributed by atoms with Crippen molar-refractivity contribution in [2.75, 3.05) is 11.4 Å². The van der Waals surface area contributed by atoms with Crippen molar-refractivity contribution in [3.05, 3.63) is 28.7 Å². The van der Waals surface area contributed by atoms with Crippen LogP contribution in [-0.2, 0) is 9.59 Å². The third-order valence-corrected chi connectivity index (χ3v) is 3.19. The molecule has 16 heavy (non-hydrogen) atoms. The summed E-state index contributed by atoms with van der Waals surface area (Å²) in [7, 11) is 0. The zero-order chi connectivity index (χ0) is 11.7. The van der Waals surface area contributed by atoms with Crippen LogP contribution in [0.2, 0.25) is 0 Å². The van der Waals surface area contributed by atoms with E-state index in [9.17, 15) is 9.59 Å². The molecule has 5 heteroatoms. The molecular formula is C11H11BrN2O2. The molecule has 1 aliphatic heterocycles. The van der Waals surface area contributed by atoms with E-state index in [1.807, 2.05) is 24.3 Å². The summed E-state index contributed by atoms with van der Waals surface area (Å²) in [5, 5.41) is 0. The van der Waals surface area contributed by atoms with Gasteiger partial charge in [0, 0.05) is 23.1 Å². The third-order valence-electron chi connectivity index (χ3n) is 2.67. The largest absolute Gasteiger partial charge is 0.369 e. The number of rotatable bonds is 2. The predicted octanol–water partition coefficient (Wildman–Crippen LogP) is 1.29. The molecule has 4 nitrogen and oxygen atoms in total. The number of hydrogen-bond donors (Lipinski definition) is 1. The highest BCUT2D eigenvalue weighted by molar-refractivity contribution is 9.10.